The molecule has 1 heterocycles. The highest BCUT2D eigenvalue weighted by atomic mass is 32.2. The predicted molar refractivity (Wildman–Crippen MR) is 90.2 cm³/mol. The van der Waals surface area contributed by atoms with Crippen LogP contribution < -0.4 is 5.32 Å². The molecule has 1 fully saturated rings. The van der Waals surface area contributed by atoms with Crippen molar-refractivity contribution >= 4 is 27.6 Å². The molecule has 0 bridgehead atoms. The van der Waals surface area contributed by atoms with Gasteiger partial charge in [-0.3, -0.25) is 4.79 Å². The number of nitrogens with one attached hydrogen (secondary N) is 1. The lowest BCUT2D eigenvalue weighted by molar-refractivity contribution is -0.119. The number of carbonyl (C=O) groups excluding carboxylic acids is 2. The summed E-state index contributed by atoms with van der Waals surface area (Å²) in [7, 11) is -3.44. The highest BCUT2D eigenvalue weighted by molar-refractivity contribution is 7.89. The van der Waals surface area contributed by atoms with Crippen LogP contribution in [0, 0.1) is 0 Å². The third-order valence-electron chi connectivity index (χ3n) is 3.91. The molecule has 0 unspecified atom stereocenters. The van der Waals surface area contributed by atoms with Gasteiger partial charge in [0.2, 0.25) is 15.9 Å². The van der Waals surface area contributed by atoms with E-state index in [4.69, 9.17) is 4.74 Å². The summed E-state index contributed by atoms with van der Waals surface area (Å²) in [4.78, 5) is 24.5. The fourth-order valence-electron chi connectivity index (χ4n) is 2.70. The van der Waals surface area contributed by atoms with Crippen molar-refractivity contribution in [3.8, 4) is 0 Å². The van der Waals surface area contributed by atoms with Crippen LogP contribution >= 0.6 is 0 Å². The van der Waals surface area contributed by atoms with Gasteiger partial charge in [0.05, 0.1) is 23.6 Å². The monoisotopic (exact) mass is 354 g/mol. The van der Waals surface area contributed by atoms with Gasteiger partial charge in [0.25, 0.3) is 0 Å². The molecule has 7 nitrogen and oxygen atoms in total. The van der Waals surface area contributed by atoms with E-state index in [1.807, 2.05) is 0 Å². The van der Waals surface area contributed by atoms with Crippen molar-refractivity contribution in [3.05, 3.63) is 29.8 Å². The number of benzene rings is 1. The average Bonchev–Trinajstić information content (AvgIpc) is 3.06. The molecule has 0 aromatic heterocycles. The molecule has 0 saturated carbocycles. The van der Waals surface area contributed by atoms with Gasteiger partial charge >= 0.3 is 5.97 Å². The zero-order valence-electron chi connectivity index (χ0n) is 13.8. The van der Waals surface area contributed by atoms with Gasteiger partial charge in [-0.25, -0.2) is 13.2 Å². The summed E-state index contributed by atoms with van der Waals surface area (Å²) >= 11 is 0. The fourth-order valence-corrected chi connectivity index (χ4v) is 4.02. The molecule has 1 aliphatic heterocycles. The molecule has 0 radical (unpaired) electrons. The van der Waals surface area contributed by atoms with E-state index in [0.717, 1.165) is 0 Å². The van der Waals surface area contributed by atoms with Gasteiger partial charge in [0.15, 0.2) is 0 Å². The van der Waals surface area contributed by atoms with Gasteiger partial charge in [-0.05, 0) is 38.8 Å². The van der Waals surface area contributed by atoms with Gasteiger partial charge in [0, 0.05) is 6.54 Å². The first kappa shape index (κ1) is 18.4. The van der Waals surface area contributed by atoms with E-state index >= 15 is 0 Å². The number of anilines is 1. The third kappa shape index (κ3) is 3.93. The quantitative estimate of drug-likeness (QED) is 0.784. The highest BCUT2D eigenvalue weighted by Gasteiger charge is 2.37. The van der Waals surface area contributed by atoms with Crippen molar-refractivity contribution in [2.75, 3.05) is 24.2 Å². The predicted octanol–water partition coefficient (Wildman–Crippen LogP) is 1.62. The van der Waals surface area contributed by atoms with Crippen LogP contribution in [0.5, 0.6) is 0 Å². The molecule has 24 heavy (non-hydrogen) atoms. The molecule has 1 amide bonds. The Labute approximate surface area is 142 Å². The van der Waals surface area contributed by atoms with E-state index in [1.54, 1.807) is 38.1 Å². The summed E-state index contributed by atoms with van der Waals surface area (Å²) in [5.41, 5.74) is 0.567. The standard InChI is InChI=1S/C16H22N2O5S/c1-3-23-16(20)12-8-5-6-9-13(12)17-15(19)14-10-7-11-18(14)24(21,22)4-2/h5-6,8-9,14H,3-4,7,10-11H2,1-2H3,(H,17,19)/t14-/m1/s1. The molecule has 0 aliphatic carbocycles. The van der Waals surface area contributed by atoms with Crippen LogP contribution in [0.15, 0.2) is 24.3 Å². The van der Waals surface area contributed by atoms with Crippen LogP contribution in [0.4, 0.5) is 5.69 Å². The van der Waals surface area contributed by atoms with E-state index in [1.165, 1.54) is 4.31 Å². The minimum Gasteiger partial charge on any atom is -0.462 e. The van der Waals surface area contributed by atoms with E-state index in [0.29, 0.717) is 25.1 Å². The maximum atomic E-state index is 12.6. The Morgan fingerprint density at radius 2 is 2.00 bits per heavy atom. The number of amides is 1. The van der Waals surface area contributed by atoms with E-state index in [9.17, 15) is 18.0 Å². The Morgan fingerprint density at radius 1 is 1.29 bits per heavy atom. The van der Waals surface area contributed by atoms with Gasteiger partial charge in [-0.1, -0.05) is 12.1 Å². The molecule has 1 aliphatic rings. The lowest BCUT2D eigenvalue weighted by Crippen LogP contribution is -2.43. The van der Waals surface area contributed by atoms with Crippen LogP contribution in [0.1, 0.15) is 37.0 Å². The summed E-state index contributed by atoms with van der Waals surface area (Å²) in [5, 5.41) is 2.67. The minimum absolute atomic E-state index is 0.0454. The first-order valence-corrected chi connectivity index (χ1v) is 9.58. The lowest BCUT2D eigenvalue weighted by Gasteiger charge is -2.23. The van der Waals surface area contributed by atoms with Crippen molar-refractivity contribution in [3.63, 3.8) is 0 Å². The van der Waals surface area contributed by atoms with Crippen molar-refractivity contribution in [2.24, 2.45) is 0 Å². The van der Waals surface area contributed by atoms with Crippen molar-refractivity contribution < 1.29 is 22.7 Å². The zero-order valence-corrected chi connectivity index (χ0v) is 14.6. The summed E-state index contributed by atoms with van der Waals surface area (Å²) in [6.07, 6.45) is 1.10. The zero-order chi connectivity index (χ0) is 17.7. The molecule has 1 saturated heterocycles. The maximum Gasteiger partial charge on any atom is 0.340 e. The van der Waals surface area contributed by atoms with Crippen LogP contribution in [-0.4, -0.2) is 49.5 Å². The maximum absolute atomic E-state index is 12.6. The molecule has 1 aromatic carbocycles. The second kappa shape index (κ2) is 7.76. The summed E-state index contributed by atoms with van der Waals surface area (Å²) in [5.74, 6) is -1.00. The number of rotatable bonds is 6. The smallest absolute Gasteiger partial charge is 0.340 e. The average molecular weight is 354 g/mol. The number of hydrogen-bond acceptors (Lipinski definition) is 5. The number of ether oxygens (including phenoxy) is 1. The van der Waals surface area contributed by atoms with Crippen LogP contribution in [0.3, 0.4) is 0 Å². The SMILES string of the molecule is CCOC(=O)c1ccccc1NC(=O)[C@H]1CCCN1S(=O)(=O)CC. The number of esters is 1. The summed E-state index contributed by atoms with van der Waals surface area (Å²) in [6, 6.07) is 5.77. The molecular weight excluding hydrogens is 332 g/mol. The Bertz CT molecular complexity index is 717. The normalized spacial score (nSPS) is 18.3. The van der Waals surface area contributed by atoms with Crippen LogP contribution in [0.25, 0.3) is 0 Å². The highest BCUT2D eigenvalue weighted by Crippen LogP contribution is 2.24. The molecular formula is C16H22N2O5S. The van der Waals surface area contributed by atoms with E-state index in [-0.39, 0.29) is 17.9 Å². The third-order valence-corrected chi connectivity index (χ3v) is 5.79. The van der Waals surface area contributed by atoms with E-state index < -0.39 is 27.9 Å². The lowest BCUT2D eigenvalue weighted by atomic mass is 10.1. The second-order valence-corrected chi connectivity index (χ2v) is 7.63. The molecule has 1 atom stereocenters. The Hall–Kier alpha value is -1.93. The number of nitrogens with zero attached hydrogens (tertiary/aromatic N) is 1. The van der Waals surface area contributed by atoms with Crippen molar-refractivity contribution in [2.45, 2.75) is 32.7 Å². The fraction of sp³-hybridized carbons (Fsp3) is 0.500. The van der Waals surface area contributed by atoms with Crippen molar-refractivity contribution in [1.29, 1.82) is 0 Å². The minimum atomic E-state index is -3.44. The molecule has 8 heteroatoms. The Kier molecular flexibility index (Phi) is 5.95. The van der Waals surface area contributed by atoms with Crippen LogP contribution in [0.2, 0.25) is 0 Å². The second-order valence-electron chi connectivity index (χ2n) is 5.42. The number of sulfonamides is 1. The van der Waals surface area contributed by atoms with Gasteiger partial charge < -0.3 is 10.1 Å². The Balaban J connectivity index is 2.20. The van der Waals surface area contributed by atoms with E-state index in [2.05, 4.69) is 5.32 Å². The van der Waals surface area contributed by atoms with Crippen LogP contribution in [-0.2, 0) is 19.6 Å². The number of hydrogen-bond donors (Lipinski definition) is 1. The largest absolute Gasteiger partial charge is 0.462 e. The molecule has 0 spiro atoms. The van der Waals surface area contributed by atoms with Crippen molar-refractivity contribution in [1.82, 2.24) is 4.31 Å². The summed E-state index contributed by atoms with van der Waals surface area (Å²) < 4.78 is 30.4. The molecule has 1 N–H and O–H groups in total. The first-order valence-electron chi connectivity index (χ1n) is 7.97. The summed E-state index contributed by atoms with van der Waals surface area (Å²) in [6.45, 7) is 3.82. The number of para-hydroxylation sites is 1. The van der Waals surface area contributed by atoms with Gasteiger partial charge in [-0.2, -0.15) is 4.31 Å². The molecule has 2 rings (SSSR count). The van der Waals surface area contributed by atoms with Gasteiger partial charge in [-0.15, -0.1) is 0 Å². The molecule has 132 valence electrons. The first-order chi connectivity index (χ1) is 11.4. The van der Waals surface area contributed by atoms with Gasteiger partial charge in [0.1, 0.15) is 6.04 Å². The Morgan fingerprint density at radius 3 is 2.67 bits per heavy atom. The number of carbonyl (C=O) groups is 2. The topological polar surface area (TPSA) is 92.8 Å². The molecule has 1 aromatic rings.